The number of unbranched alkanes of at least 4 members (excludes halogenated alkanes) is 3. The molecule has 1 rings (SSSR count). The molecule has 6 heteroatoms. The van der Waals surface area contributed by atoms with E-state index in [2.05, 4.69) is 6.58 Å². The van der Waals surface area contributed by atoms with Gasteiger partial charge in [-0.05, 0) is 43.9 Å². The zero-order chi connectivity index (χ0) is 14.3. The Bertz CT molecular complexity index is 529. The van der Waals surface area contributed by atoms with Crippen molar-refractivity contribution in [1.82, 2.24) is 0 Å². The van der Waals surface area contributed by atoms with Crippen molar-refractivity contribution in [3.05, 3.63) is 36.7 Å². The number of sulfonamides is 1. The molecule has 0 aliphatic heterocycles. The SMILES string of the molecule is C=CCCCCCOc1ccc(S(N)(=O)=O)cc1F. The molecular formula is C13H18FNO3S. The summed E-state index contributed by atoms with van der Waals surface area (Å²) in [5, 5.41) is 4.90. The van der Waals surface area contributed by atoms with E-state index in [0.29, 0.717) is 6.61 Å². The number of allylic oxidation sites excluding steroid dienone is 1. The number of halogens is 1. The fourth-order valence-electron chi connectivity index (χ4n) is 1.53. The van der Waals surface area contributed by atoms with Gasteiger partial charge in [-0.2, -0.15) is 0 Å². The minimum Gasteiger partial charge on any atom is -0.491 e. The lowest BCUT2D eigenvalue weighted by Gasteiger charge is -2.08. The van der Waals surface area contributed by atoms with Crippen LogP contribution in [0.1, 0.15) is 25.7 Å². The third-order valence-corrected chi connectivity index (χ3v) is 3.45. The molecule has 0 unspecified atom stereocenters. The molecule has 0 atom stereocenters. The summed E-state index contributed by atoms with van der Waals surface area (Å²) in [4.78, 5) is -0.261. The average molecular weight is 287 g/mol. The van der Waals surface area contributed by atoms with E-state index >= 15 is 0 Å². The van der Waals surface area contributed by atoms with Crippen LogP contribution in [0.3, 0.4) is 0 Å². The lowest BCUT2D eigenvalue weighted by Crippen LogP contribution is -2.12. The highest BCUT2D eigenvalue weighted by molar-refractivity contribution is 7.89. The summed E-state index contributed by atoms with van der Waals surface area (Å²) in [6.07, 6.45) is 5.62. The fourth-order valence-corrected chi connectivity index (χ4v) is 2.05. The van der Waals surface area contributed by atoms with Crippen molar-refractivity contribution in [1.29, 1.82) is 0 Å². The van der Waals surface area contributed by atoms with Crippen LogP contribution in [-0.2, 0) is 10.0 Å². The van der Waals surface area contributed by atoms with E-state index in [1.54, 1.807) is 0 Å². The Kier molecular flexibility index (Phi) is 5.98. The van der Waals surface area contributed by atoms with Gasteiger partial charge in [-0.15, -0.1) is 6.58 Å². The number of rotatable bonds is 8. The first-order valence-corrected chi connectivity index (χ1v) is 7.56. The van der Waals surface area contributed by atoms with E-state index in [4.69, 9.17) is 9.88 Å². The Morgan fingerprint density at radius 2 is 2.05 bits per heavy atom. The molecule has 1 aromatic rings. The quantitative estimate of drug-likeness (QED) is 0.590. The lowest BCUT2D eigenvalue weighted by molar-refractivity contribution is 0.290. The van der Waals surface area contributed by atoms with Crippen molar-refractivity contribution in [2.45, 2.75) is 30.6 Å². The number of primary sulfonamides is 1. The van der Waals surface area contributed by atoms with Crippen LogP contribution < -0.4 is 9.88 Å². The highest BCUT2D eigenvalue weighted by Gasteiger charge is 2.12. The summed E-state index contributed by atoms with van der Waals surface area (Å²) in [6, 6.07) is 3.37. The molecular weight excluding hydrogens is 269 g/mol. The van der Waals surface area contributed by atoms with Crippen molar-refractivity contribution in [2.75, 3.05) is 6.61 Å². The molecule has 0 radical (unpaired) electrons. The minimum atomic E-state index is -3.88. The number of benzene rings is 1. The van der Waals surface area contributed by atoms with Gasteiger partial charge < -0.3 is 4.74 Å². The van der Waals surface area contributed by atoms with Gasteiger partial charge in [-0.3, -0.25) is 0 Å². The van der Waals surface area contributed by atoms with E-state index in [1.807, 2.05) is 6.08 Å². The second-order valence-electron chi connectivity index (χ2n) is 4.12. The molecule has 1 aromatic carbocycles. The van der Waals surface area contributed by atoms with E-state index in [1.165, 1.54) is 12.1 Å². The predicted molar refractivity (Wildman–Crippen MR) is 71.9 cm³/mol. The van der Waals surface area contributed by atoms with Crippen LogP contribution in [-0.4, -0.2) is 15.0 Å². The highest BCUT2D eigenvalue weighted by Crippen LogP contribution is 2.20. The molecule has 0 fully saturated rings. The standard InChI is InChI=1S/C13H18FNO3S/c1-2-3-4-5-6-9-18-13-8-7-11(10-12(13)14)19(15,16)17/h2,7-8,10H,1,3-6,9H2,(H2,15,16,17). The van der Waals surface area contributed by atoms with Gasteiger partial charge in [0.25, 0.3) is 0 Å². The van der Waals surface area contributed by atoms with E-state index in [-0.39, 0.29) is 10.6 Å². The molecule has 0 saturated heterocycles. The maximum atomic E-state index is 13.6. The molecule has 2 N–H and O–H groups in total. The smallest absolute Gasteiger partial charge is 0.238 e. The first-order valence-electron chi connectivity index (χ1n) is 6.01. The van der Waals surface area contributed by atoms with Crippen molar-refractivity contribution in [3.8, 4) is 5.75 Å². The molecule has 106 valence electrons. The second-order valence-corrected chi connectivity index (χ2v) is 5.69. The zero-order valence-corrected chi connectivity index (χ0v) is 11.5. The van der Waals surface area contributed by atoms with Gasteiger partial charge in [0.15, 0.2) is 11.6 Å². The van der Waals surface area contributed by atoms with Crippen LogP contribution >= 0.6 is 0 Å². The zero-order valence-electron chi connectivity index (χ0n) is 10.6. The highest BCUT2D eigenvalue weighted by atomic mass is 32.2. The number of hydrogen-bond acceptors (Lipinski definition) is 3. The molecule has 0 bridgehead atoms. The monoisotopic (exact) mass is 287 g/mol. The molecule has 0 aliphatic rings. The van der Waals surface area contributed by atoms with Gasteiger partial charge in [0, 0.05) is 0 Å². The Morgan fingerprint density at radius 3 is 2.63 bits per heavy atom. The molecule has 0 spiro atoms. The Hall–Kier alpha value is -1.40. The van der Waals surface area contributed by atoms with Gasteiger partial charge in [0.05, 0.1) is 11.5 Å². The summed E-state index contributed by atoms with van der Waals surface area (Å²) >= 11 is 0. The van der Waals surface area contributed by atoms with Gasteiger partial charge in [-0.25, -0.2) is 17.9 Å². The molecule has 19 heavy (non-hydrogen) atoms. The Balaban J connectivity index is 2.49. The van der Waals surface area contributed by atoms with Crippen molar-refractivity contribution < 1.29 is 17.5 Å². The fraction of sp³-hybridized carbons (Fsp3) is 0.385. The summed E-state index contributed by atoms with van der Waals surface area (Å²) in [5.41, 5.74) is 0. The van der Waals surface area contributed by atoms with E-state index in [0.717, 1.165) is 31.7 Å². The van der Waals surface area contributed by atoms with Crippen molar-refractivity contribution >= 4 is 10.0 Å². The maximum Gasteiger partial charge on any atom is 0.238 e. The number of nitrogens with two attached hydrogens (primary N) is 1. The second kappa shape index (κ2) is 7.25. The van der Waals surface area contributed by atoms with Gasteiger partial charge in [0.1, 0.15) is 0 Å². The van der Waals surface area contributed by atoms with Crippen molar-refractivity contribution in [2.24, 2.45) is 5.14 Å². The lowest BCUT2D eigenvalue weighted by atomic mass is 10.2. The average Bonchev–Trinajstić information content (AvgIpc) is 2.34. The van der Waals surface area contributed by atoms with Gasteiger partial charge in [0.2, 0.25) is 10.0 Å². The largest absolute Gasteiger partial charge is 0.491 e. The first-order chi connectivity index (χ1) is 8.95. The summed E-state index contributed by atoms with van der Waals surface area (Å²) < 4.78 is 40.8. The Morgan fingerprint density at radius 1 is 1.32 bits per heavy atom. The molecule has 0 amide bonds. The van der Waals surface area contributed by atoms with Crippen LogP contribution in [0, 0.1) is 5.82 Å². The molecule has 0 aliphatic carbocycles. The first kappa shape index (κ1) is 15.7. The summed E-state index contributed by atoms with van der Waals surface area (Å²) in [6.45, 7) is 4.02. The van der Waals surface area contributed by atoms with Crippen LogP contribution in [0.2, 0.25) is 0 Å². The van der Waals surface area contributed by atoms with E-state index in [9.17, 15) is 12.8 Å². The van der Waals surface area contributed by atoms with E-state index < -0.39 is 15.8 Å². The summed E-state index contributed by atoms with van der Waals surface area (Å²) in [7, 11) is -3.88. The third-order valence-electron chi connectivity index (χ3n) is 2.54. The molecule has 0 aromatic heterocycles. The predicted octanol–water partition coefficient (Wildman–Crippen LogP) is 2.60. The normalized spacial score (nSPS) is 11.3. The third kappa shape index (κ3) is 5.40. The Labute approximate surface area is 113 Å². The number of hydrogen-bond donors (Lipinski definition) is 1. The maximum absolute atomic E-state index is 13.6. The van der Waals surface area contributed by atoms with Crippen LogP contribution in [0.25, 0.3) is 0 Å². The molecule has 0 saturated carbocycles. The number of ether oxygens (including phenoxy) is 1. The van der Waals surface area contributed by atoms with Gasteiger partial charge in [-0.1, -0.05) is 6.08 Å². The minimum absolute atomic E-state index is 0.0381. The topological polar surface area (TPSA) is 69.4 Å². The van der Waals surface area contributed by atoms with Crippen LogP contribution in [0.4, 0.5) is 4.39 Å². The molecule has 0 heterocycles. The van der Waals surface area contributed by atoms with Crippen LogP contribution in [0.5, 0.6) is 5.75 Å². The molecule has 4 nitrogen and oxygen atoms in total. The van der Waals surface area contributed by atoms with Gasteiger partial charge >= 0.3 is 0 Å². The van der Waals surface area contributed by atoms with Crippen LogP contribution in [0.15, 0.2) is 35.7 Å². The summed E-state index contributed by atoms with van der Waals surface area (Å²) in [5.74, 6) is -0.686. The van der Waals surface area contributed by atoms with Crippen molar-refractivity contribution in [3.63, 3.8) is 0 Å².